The Bertz CT molecular complexity index is 1550. The highest BCUT2D eigenvalue weighted by atomic mass is 32.1. The Morgan fingerprint density at radius 2 is 1.86 bits per heavy atom. The van der Waals surface area contributed by atoms with Crippen LogP contribution in [0.5, 0.6) is 11.5 Å². The highest BCUT2D eigenvalue weighted by molar-refractivity contribution is 7.16. The van der Waals surface area contributed by atoms with Crippen molar-refractivity contribution < 1.29 is 9.47 Å². The maximum Gasteiger partial charge on any atom is 0.283 e. The van der Waals surface area contributed by atoms with Crippen LogP contribution in [0.1, 0.15) is 42.5 Å². The fourth-order valence-corrected chi connectivity index (χ4v) is 5.00. The number of anilines is 1. The van der Waals surface area contributed by atoms with E-state index in [0.29, 0.717) is 41.7 Å². The molecule has 0 unspecified atom stereocenters. The summed E-state index contributed by atoms with van der Waals surface area (Å²) >= 11 is 1.34. The second-order valence-electron chi connectivity index (χ2n) is 8.00. The lowest BCUT2D eigenvalue weighted by atomic mass is 10.0. The van der Waals surface area contributed by atoms with Gasteiger partial charge in [0.25, 0.3) is 5.56 Å². The molecule has 3 heterocycles. The minimum atomic E-state index is -0.387. The quantitative estimate of drug-likeness (QED) is 0.403. The first-order valence-corrected chi connectivity index (χ1v) is 12.2. The average Bonchev–Trinajstić information content (AvgIpc) is 3.38. The summed E-state index contributed by atoms with van der Waals surface area (Å²) in [4.78, 5) is 22.2. The first-order valence-electron chi connectivity index (χ1n) is 11.4. The Morgan fingerprint density at radius 1 is 1.09 bits per heavy atom. The van der Waals surface area contributed by atoms with Gasteiger partial charge in [0, 0.05) is 23.3 Å². The van der Waals surface area contributed by atoms with Gasteiger partial charge in [-0.2, -0.15) is 14.6 Å². The molecule has 0 saturated heterocycles. The SMILES string of the molecule is CCOc1ccc(Cc2nn3c(N)c(/C=C4/C(C)=Nc5ccccc54)c(=O)nc3s2)cc1OCC. The van der Waals surface area contributed by atoms with Crippen LogP contribution < -0.4 is 20.8 Å². The molecule has 0 amide bonds. The van der Waals surface area contributed by atoms with Crippen LogP contribution in [0.2, 0.25) is 0 Å². The topological polar surface area (TPSA) is 104 Å². The van der Waals surface area contributed by atoms with Gasteiger partial charge in [0.15, 0.2) is 11.5 Å². The normalized spacial score (nSPS) is 13.8. The number of rotatable bonds is 7. The van der Waals surface area contributed by atoms with Crippen LogP contribution in [0, 0.1) is 0 Å². The molecule has 2 aromatic carbocycles. The van der Waals surface area contributed by atoms with Crippen molar-refractivity contribution in [3.05, 3.63) is 74.5 Å². The summed E-state index contributed by atoms with van der Waals surface area (Å²) in [5.74, 6) is 1.67. The molecular formula is C26H25N5O3S. The molecule has 0 atom stereocenters. The van der Waals surface area contributed by atoms with Crippen molar-refractivity contribution in [3.63, 3.8) is 0 Å². The lowest BCUT2D eigenvalue weighted by molar-refractivity contribution is 0.287. The average molecular weight is 488 g/mol. The molecule has 35 heavy (non-hydrogen) atoms. The summed E-state index contributed by atoms with van der Waals surface area (Å²) in [5, 5.41) is 5.44. The number of allylic oxidation sites excluding steroid dienone is 1. The molecule has 2 N–H and O–H groups in total. The van der Waals surface area contributed by atoms with Gasteiger partial charge in [0.1, 0.15) is 10.8 Å². The van der Waals surface area contributed by atoms with Crippen molar-refractivity contribution in [3.8, 4) is 11.5 Å². The Balaban J connectivity index is 1.51. The van der Waals surface area contributed by atoms with Gasteiger partial charge in [-0.25, -0.2) is 0 Å². The molecule has 5 rings (SSSR count). The fraction of sp³-hybridized carbons (Fsp3) is 0.231. The van der Waals surface area contributed by atoms with E-state index >= 15 is 0 Å². The Morgan fingerprint density at radius 3 is 2.66 bits per heavy atom. The second-order valence-corrected chi connectivity index (χ2v) is 9.04. The van der Waals surface area contributed by atoms with E-state index in [2.05, 4.69) is 15.1 Å². The number of hydrogen-bond donors (Lipinski definition) is 1. The third-order valence-electron chi connectivity index (χ3n) is 5.66. The second kappa shape index (κ2) is 9.34. The van der Waals surface area contributed by atoms with Crippen LogP contribution in [-0.2, 0) is 6.42 Å². The molecule has 0 spiro atoms. The van der Waals surface area contributed by atoms with Gasteiger partial charge in [-0.05, 0) is 50.6 Å². The Hall–Kier alpha value is -3.98. The lowest BCUT2D eigenvalue weighted by Crippen LogP contribution is -2.17. The summed E-state index contributed by atoms with van der Waals surface area (Å²) in [6.07, 6.45) is 2.31. The van der Waals surface area contributed by atoms with E-state index < -0.39 is 0 Å². The van der Waals surface area contributed by atoms with Crippen molar-refractivity contribution in [2.75, 3.05) is 18.9 Å². The predicted octanol–water partition coefficient (Wildman–Crippen LogP) is 4.77. The van der Waals surface area contributed by atoms with Crippen LogP contribution in [0.3, 0.4) is 0 Å². The van der Waals surface area contributed by atoms with Crippen LogP contribution >= 0.6 is 11.3 Å². The zero-order chi connectivity index (χ0) is 24.5. The first-order chi connectivity index (χ1) is 17.0. The van der Waals surface area contributed by atoms with Crippen LogP contribution in [0.15, 0.2) is 52.3 Å². The smallest absolute Gasteiger partial charge is 0.283 e. The van der Waals surface area contributed by atoms with Gasteiger partial charge in [0.2, 0.25) is 4.96 Å². The molecular weight excluding hydrogens is 462 g/mol. The van der Waals surface area contributed by atoms with Crippen molar-refractivity contribution >= 4 is 45.2 Å². The van der Waals surface area contributed by atoms with E-state index in [-0.39, 0.29) is 11.4 Å². The van der Waals surface area contributed by atoms with Crippen molar-refractivity contribution in [2.24, 2.45) is 4.99 Å². The molecule has 0 saturated carbocycles. The zero-order valence-electron chi connectivity index (χ0n) is 19.7. The number of aromatic nitrogens is 3. The van der Waals surface area contributed by atoms with Crippen LogP contribution in [-0.4, -0.2) is 33.5 Å². The standard InChI is InChI=1S/C26H25N5O3S/c1-4-33-21-11-10-16(12-22(21)34-5-2)13-23-30-31-24(27)19(25(32)29-26(31)35-23)14-18-15(3)28-20-9-7-6-8-17(18)20/h6-12,14H,4-5,13,27H2,1-3H3/b18-14-. The number of nitrogens with two attached hydrogens (primary N) is 1. The van der Waals surface area contributed by atoms with Crippen LogP contribution in [0.25, 0.3) is 16.6 Å². The molecule has 0 aliphatic carbocycles. The molecule has 9 heteroatoms. The number of aliphatic imine (C=N–C) groups is 1. The summed E-state index contributed by atoms with van der Waals surface area (Å²) in [5.41, 5.74) is 10.9. The molecule has 4 aromatic rings. The number of nitrogen functional groups attached to an aromatic ring is 1. The maximum atomic E-state index is 12.9. The fourth-order valence-electron chi connectivity index (χ4n) is 4.07. The van der Waals surface area contributed by atoms with Gasteiger partial charge in [-0.15, -0.1) is 0 Å². The van der Waals surface area contributed by atoms with Crippen molar-refractivity contribution in [1.29, 1.82) is 0 Å². The number of para-hydroxylation sites is 1. The van der Waals surface area contributed by atoms with Gasteiger partial charge < -0.3 is 15.2 Å². The van der Waals surface area contributed by atoms with E-state index in [4.69, 9.17) is 15.2 Å². The van der Waals surface area contributed by atoms with Gasteiger partial charge >= 0.3 is 0 Å². The molecule has 2 aromatic heterocycles. The monoisotopic (exact) mass is 487 g/mol. The summed E-state index contributed by atoms with van der Waals surface area (Å²) in [7, 11) is 0. The predicted molar refractivity (Wildman–Crippen MR) is 140 cm³/mol. The van der Waals surface area contributed by atoms with Gasteiger partial charge in [-0.1, -0.05) is 35.6 Å². The molecule has 8 nitrogen and oxygen atoms in total. The van der Waals surface area contributed by atoms with Crippen LogP contribution in [0.4, 0.5) is 11.5 Å². The Kier molecular flexibility index (Phi) is 6.08. The van der Waals surface area contributed by atoms with Gasteiger partial charge in [0.05, 0.1) is 24.5 Å². The molecule has 0 fully saturated rings. The number of hydrogen-bond acceptors (Lipinski definition) is 8. The van der Waals surface area contributed by atoms with Crippen molar-refractivity contribution in [1.82, 2.24) is 14.6 Å². The van der Waals surface area contributed by atoms with Gasteiger partial charge in [-0.3, -0.25) is 9.79 Å². The molecule has 1 aliphatic rings. The largest absolute Gasteiger partial charge is 0.490 e. The number of ether oxygens (including phenoxy) is 2. The number of fused-ring (bicyclic) bond motifs is 2. The Labute approximate surface area is 206 Å². The van der Waals surface area contributed by atoms with E-state index in [1.54, 1.807) is 10.6 Å². The number of benzene rings is 2. The molecule has 178 valence electrons. The summed E-state index contributed by atoms with van der Waals surface area (Å²) in [6, 6.07) is 13.7. The highest BCUT2D eigenvalue weighted by Gasteiger charge is 2.20. The third-order valence-corrected chi connectivity index (χ3v) is 6.57. The molecule has 1 aliphatic heterocycles. The zero-order valence-corrected chi connectivity index (χ0v) is 20.6. The van der Waals surface area contributed by atoms with E-state index in [9.17, 15) is 4.79 Å². The van der Waals surface area contributed by atoms with E-state index in [1.165, 1.54) is 11.3 Å². The molecule has 0 radical (unpaired) electrons. The van der Waals surface area contributed by atoms with E-state index in [1.807, 2.05) is 63.2 Å². The number of nitrogens with zero attached hydrogens (tertiary/aromatic N) is 4. The van der Waals surface area contributed by atoms with E-state index in [0.717, 1.165) is 33.1 Å². The lowest BCUT2D eigenvalue weighted by Gasteiger charge is -2.11. The highest BCUT2D eigenvalue weighted by Crippen LogP contribution is 2.36. The van der Waals surface area contributed by atoms with Crippen molar-refractivity contribution in [2.45, 2.75) is 27.2 Å². The summed E-state index contributed by atoms with van der Waals surface area (Å²) in [6.45, 7) is 6.89. The minimum absolute atomic E-state index is 0.258. The first kappa shape index (κ1) is 22.8. The third kappa shape index (κ3) is 4.30. The minimum Gasteiger partial charge on any atom is -0.490 e. The molecule has 0 bridgehead atoms. The summed E-state index contributed by atoms with van der Waals surface area (Å²) < 4.78 is 12.9. The maximum absolute atomic E-state index is 12.9.